The van der Waals surface area contributed by atoms with Crippen LogP contribution in [-0.4, -0.2) is 87.0 Å². The van der Waals surface area contributed by atoms with Gasteiger partial charge in [-0.2, -0.15) is 0 Å². The Kier molecular flexibility index (Phi) is 10.2. The number of carbonyl (C=O) groups is 2. The van der Waals surface area contributed by atoms with Crippen LogP contribution in [0.2, 0.25) is 0 Å². The molecule has 0 spiro atoms. The second-order valence-electron chi connectivity index (χ2n) is 8.65. The maximum Gasteiger partial charge on any atom is 0.339 e. The number of carbonyl (C=O) groups excluding carboxylic acids is 2. The molecule has 1 heterocycles. The van der Waals surface area contributed by atoms with Crippen molar-refractivity contribution in [2.24, 2.45) is 5.92 Å². The zero-order valence-electron chi connectivity index (χ0n) is 19.5. The van der Waals surface area contributed by atoms with E-state index in [1.807, 2.05) is 0 Å². The molecule has 2 rings (SSSR count). The minimum atomic E-state index is -2.01. The molecule has 0 unspecified atom stereocenters. The third kappa shape index (κ3) is 7.36. The van der Waals surface area contributed by atoms with Crippen LogP contribution < -0.4 is 4.74 Å². The van der Waals surface area contributed by atoms with Gasteiger partial charge in [-0.1, -0.05) is 26.0 Å². The van der Waals surface area contributed by atoms with Crippen molar-refractivity contribution in [3.8, 4) is 5.75 Å². The molecule has 1 aromatic rings. The maximum absolute atomic E-state index is 12.6. The van der Waals surface area contributed by atoms with Gasteiger partial charge in [-0.25, -0.2) is 4.79 Å². The van der Waals surface area contributed by atoms with E-state index in [4.69, 9.17) is 18.9 Å². The largest absolute Gasteiger partial charge is 0.466 e. The van der Waals surface area contributed by atoms with Crippen LogP contribution in [0.5, 0.6) is 5.75 Å². The molecular formula is C23H34O11. The SMILES string of the molecule is CCOC(=O)C[C@](O)(CC(C)C)C(=O)OCc1ccc(O[C@@H]2O[C@H](CO)[C@@H](O)[C@H](O)[C@H]2O)cc1. The Labute approximate surface area is 197 Å². The standard InChI is InChI=1S/C23H34O11/c1-4-31-17(25)10-23(30,9-13(2)3)22(29)32-12-14-5-7-15(8-6-14)33-21-20(28)19(27)18(26)16(11-24)34-21/h5-8,13,16,18-21,24,26-28,30H,4,9-12H2,1-3H3/t16-,18-,19+,20-,21-,23-/m1/s1. The van der Waals surface area contributed by atoms with Crippen molar-refractivity contribution < 1.29 is 54.1 Å². The monoisotopic (exact) mass is 486 g/mol. The van der Waals surface area contributed by atoms with Crippen molar-refractivity contribution in [1.29, 1.82) is 0 Å². The second-order valence-corrected chi connectivity index (χ2v) is 8.65. The van der Waals surface area contributed by atoms with Gasteiger partial charge in [0.05, 0.1) is 19.6 Å². The summed E-state index contributed by atoms with van der Waals surface area (Å²) >= 11 is 0. The fraction of sp³-hybridized carbons (Fsp3) is 0.652. The van der Waals surface area contributed by atoms with E-state index in [2.05, 4.69) is 0 Å². The molecule has 1 saturated heterocycles. The van der Waals surface area contributed by atoms with Crippen LogP contribution in [0.25, 0.3) is 0 Å². The lowest BCUT2D eigenvalue weighted by Gasteiger charge is -2.39. The molecule has 0 aliphatic carbocycles. The van der Waals surface area contributed by atoms with Gasteiger partial charge in [0.25, 0.3) is 0 Å². The summed E-state index contributed by atoms with van der Waals surface area (Å²) in [4.78, 5) is 24.4. The van der Waals surface area contributed by atoms with Crippen LogP contribution in [0, 0.1) is 5.92 Å². The lowest BCUT2D eigenvalue weighted by Crippen LogP contribution is -2.60. The number of benzene rings is 1. The van der Waals surface area contributed by atoms with Crippen LogP contribution in [-0.2, 0) is 30.4 Å². The third-order valence-electron chi connectivity index (χ3n) is 5.26. The first-order valence-corrected chi connectivity index (χ1v) is 11.1. The van der Waals surface area contributed by atoms with Crippen molar-refractivity contribution in [2.75, 3.05) is 13.2 Å². The van der Waals surface area contributed by atoms with E-state index in [9.17, 15) is 35.1 Å². The molecular weight excluding hydrogens is 452 g/mol. The Bertz CT molecular complexity index is 795. The van der Waals surface area contributed by atoms with Crippen molar-refractivity contribution in [3.63, 3.8) is 0 Å². The molecule has 0 saturated carbocycles. The second kappa shape index (κ2) is 12.4. The number of esters is 2. The van der Waals surface area contributed by atoms with Crippen LogP contribution in [0.4, 0.5) is 0 Å². The number of aliphatic hydroxyl groups excluding tert-OH is 4. The zero-order chi connectivity index (χ0) is 25.5. The number of hydrogen-bond donors (Lipinski definition) is 5. The van der Waals surface area contributed by atoms with Crippen molar-refractivity contribution in [3.05, 3.63) is 29.8 Å². The highest BCUT2D eigenvalue weighted by atomic mass is 16.7. The molecule has 1 fully saturated rings. The molecule has 0 amide bonds. The van der Waals surface area contributed by atoms with Gasteiger partial charge in [0.15, 0.2) is 5.60 Å². The van der Waals surface area contributed by atoms with Crippen molar-refractivity contribution in [2.45, 2.75) is 76.5 Å². The fourth-order valence-corrected chi connectivity index (χ4v) is 3.60. The van der Waals surface area contributed by atoms with Crippen LogP contribution >= 0.6 is 0 Å². The molecule has 0 radical (unpaired) electrons. The molecule has 0 aromatic heterocycles. The highest BCUT2D eigenvalue weighted by Crippen LogP contribution is 2.26. The predicted octanol–water partition coefficient (Wildman–Crippen LogP) is -0.361. The molecule has 0 bridgehead atoms. The van der Waals surface area contributed by atoms with Gasteiger partial charge in [0.1, 0.15) is 36.8 Å². The Morgan fingerprint density at radius 3 is 2.26 bits per heavy atom. The molecule has 1 aromatic carbocycles. The minimum Gasteiger partial charge on any atom is -0.466 e. The first-order valence-electron chi connectivity index (χ1n) is 11.1. The third-order valence-corrected chi connectivity index (χ3v) is 5.26. The minimum absolute atomic E-state index is 0.0243. The lowest BCUT2D eigenvalue weighted by molar-refractivity contribution is -0.277. The summed E-state index contributed by atoms with van der Waals surface area (Å²) in [5.41, 5.74) is -1.45. The highest BCUT2D eigenvalue weighted by Gasteiger charge is 2.45. The molecule has 192 valence electrons. The quantitative estimate of drug-likeness (QED) is 0.259. The van der Waals surface area contributed by atoms with Crippen molar-refractivity contribution in [1.82, 2.24) is 0 Å². The van der Waals surface area contributed by atoms with Gasteiger partial charge in [-0.15, -0.1) is 0 Å². The molecule has 1 aliphatic rings. The van der Waals surface area contributed by atoms with Gasteiger partial charge in [-0.05, 0) is 37.0 Å². The van der Waals surface area contributed by atoms with E-state index in [1.54, 1.807) is 32.9 Å². The first-order chi connectivity index (χ1) is 16.0. The highest BCUT2D eigenvalue weighted by molar-refractivity contribution is 5.85. The molecule has 11 heteroatoms. The number of hydrogen-bond acceptors (Lipinski definition) is 11. The van der Waals surface area contributed by atoms with Crippen LogP contribution in [0.3, 0.4) is 0 Å². The van der Waals surface area contributed by atoms with E-state index in [1.165, 1.54) is 12.1 Å². The first kappa shape index (κ1) is 28.0. The van der Waals surface area contributed by atoms with E-state index >= 15 is 0 Å². The number of ether oxygens (including phenoxy) is 4. The van der Waals surface area contributed by atoms with E-state index < -0.39 is 61.3 Å². The summed E-state index contributed by atoms with van der Waals surface area (Å²) in [6, 6.07) is 6.14. The molecule has 5 N–H and O–H groups in total. The Balaban J connectivity index is 1.98. The van der Waals surface area contributed by atoms with Gasteiger partial charge in [-0.3, -0.25) is 4.79 Å². The maximum atomic E-state index is 12.6. The average molecular weight is 487 g/mol. The van der Waals surface area contributed by atoms with Gasteiger partial charge < -0.3 is 44.5 Å². The van der Waals surface area contributed by atoms with Crippen LogP contribution in [0.1, 0.15) is 39.2 Å². The zero-order valence-corrected chi connectivity index (χ0v) is 19.5. The number of rotatable bonds is 11. The molecule has 1 aliphatic heterocycles. The summed E-state index contributed by atoms with van der Waals surface area (Å²) < 4.78 is 20.9. The normalized spacial score (nSPS) is 26.6. The lowest BCUT2D eigenvalue weighted by atomic mass is 9.89. The summed E-state index contributed by atoms with van der Waals surface area (Å²) in [5, 5.41) is 49.8. The van der Waals surface area contributed by atoms with Gasteiger partial charge in [0, 0.05) is 0 Å². The summed E-state index contributed by atoms with van der Waals surface area (Å²) in [5.74, 6) is -1.46. The van der Waals surface area contributed by atoms with E-state index in [-0.39, 0.29) is 31.3 Å². The van der Waals surface area contributed by atoms with Gasteiger partial charge >= 0.3 is 11.9 Å². The predicted molar refractivity (Wildman–Crippen MR) is 116 cm³/mol. The average Bonchev–Trinajstić information content (AvgIpc) is 2.78. The topological polar surface area (TPSA) is 172 Å². The van der Waals surface area contributed by atoms with Gasteiger partial charge in [0.2, 0.25) is 6.29 Å². The molecule has 11 nitrogen and oxygen atoms in total. The fourth-order valence-electron chi connectivity index (χ4n) is 3.60. The summed E-state index contributed by atoms with van der Waals surface area (Å²) in [6.07, 6.45) is -7.50. The van der Waals surface area contributed by atoms with Crippen LogP contribution in [0.15, 0.2) is 24.3 Å². The Hall–Kier alpha value is -2.28. The smallest absolute Gasteiger partial charge is 0.339 e. The van der Waals surface area contributed by atoms with E-state index in [0.29, 0.717) is 5.56 Å². The summed E-state index contributed by atoms with van der Waals surface area (Å²) in [7, 11) is 0. The Morgan fingerprint density at radius 2 is 1.71 bits per heavy atom. The number of aliphatic hydroxyl groups is 5. The molecule has 6 atom stereocenters. The summed E-state index contributed by atoms with van der Waals surface area (Å²) in [6.45, 7) is 4.61. The molecule has 34 heavy (non-hydrogen) atoms. The van der Waals surface area contributed by atoms with E-state index in [0.717, 1.165) is 0 Å². The van der Waals surface area contributed by atoms with Crippen molar-refractivity contribution >= 4 is 11.9 Å². The Morgan fingerprint density at radius 1 is 1.06 bits per heavy atom.